The SMILES string of the molecule is COc1ccc(C)cc1NC(=O)CN1C(=O)CCc2cc([N+](=O)[O-])ccc21. The van der Waals surface area contributed by atoms with E-state index in [1.807, 2.05) is 13.0 Å². The minimum Gasteiger partial charge on any atom is -0.495 e. The zero-order valence-electron chi connectivity index (χ0n) is 15.0. The minimum atomic E-state index is -0.474. The van der Waals surface area contributed by atoms with Crippen LogP contribution < -0.4 is 15.0 Å². The second kappa shape index (κ2) is 7.45. The van der Waals surface area contributed by atoms with Gasteiger partial charge in [-0.3, -0.25) is 19.7 Å². The summed E-state index contributed by atoms with van der Waals surface area (Å²) in [6.07, 6.45) is 0.620. The summed E-state index contributed by atoms with van der Waals surface area (Å²) in [5.41, 5.74) is 2.67. The monoisotopic (exact) mass is 369 g/mol. The van der Waals surface area contributed by atoms with Gasteiger partial charge in [-0.25, -0.2) is 0 Å². The molecule has 27 heavy (non-hydrogen) atoms. The lowest BCUT2D eigenvalue weighted by Crippen LogP contribution is -2.40. The molecular weight excluding hydrogens is 350 g/mol. The van der Waals surface area contributed by atoms with E-state index < -0.39 is 4.92 Å². The van der Waals surface area contributed by atoms with Crippen LogP contribution >= 0.6 is 0 Å². The number of nitrogens with zero attached hydrogens (tertiary/aromatic N) is 2. The van der Waals surface area contributed by atoms with E-state index in [4.69, 9.17) is 4.74 Å². The number of hydrogen-bond acceptors (Lipinski definition) is 5. The van der Waals surface area contributed by atoms with E-state index in [0.29, 0.717) is 29.1 Å². The third kappa shape index (κ3) is 3.89. The number of nitro benzene ring substituents is 1. The third-order valence-electron chi connectivity index (χ3n) is 4.40. The van der Waals surface area contributed by atoms with Crippen molar-refractivity contribution in [3.05, 3.63) is 57.6 Å². The van der Waals surface area contributed by atoms with Gasteiger partial charge < -0.3 is 15.0 Å². The fourth-order valence-corrected chi connectivity index (χ4v) is 3.09. The molecule has 8 heteroatoms. The molecule has 0 saturated carbocycles. The molecule has 0 fully saturated rings. The summed E-state index contributed by atoms with van der Waals surface area (Å²) < 4.78 is 5.25. The summed E-state index contributed by atoms with van der Waals surface area (Å²) in [6.45, 7) is 1.72. The summed E-state index contributed by atoms with van der Waals surface area (Å²) >= 11 is 0. The molecule has 0 spiro atoms. The van der Waals surface area contributed by atoms with E-state index in [-0.39, 0.29) is 30.5 Å². The maximum absolute atomic E-state index is 12.5. The van der Waals surface area contributed by atoms with Crippen molar-refractivity contribution in [3.8, 4) is 5.75 Å². The Balaban J connectivity index is 1.81. The zero-order chi connectivity index (χ0) is 19.6. The summed E-state index contributed by atoms with van der Waals surface area (Å²) in [6, 6.07) is 9.72. The van der Waals surface area contributed by atoms with Gasteiger partial charge in [-0.2, -0.15) is 0 Å². The molecule has 0 aliphatic carbocycles. The molecule has 0 bridgehead atoms. The number of rotatable bonds is 5. The molecule has 140 valence electrons. The number of nitro groups is 1. The second-order valence-electron chi connectivity index (χ2n) is 6.30. The number of carbonyl (C=O) groups is 2. The normalized spacial score (nSPS) is 13.1. The first-order valence-electron chi connectivity index (χ1n) is 8.41. The number of methoxy groups -OCH3 is 1. The number of ether oxygens (including phenoxy) is 1. The molecular formula is C19H19N3O5. The molecule has 0 unspecified atom stereocenters. The van der Waals surface area contributed by atoms with E-state index >= 15 is 0 Å². The van der Waals surface area contributed by atoms with Crippen LogP contribution in [0.2, 0.25) is 0 Å². The number of anilines is 2. The van der Waals surface area contributed by atoms with Gasteiger partial charge in [0.1, 0.15) is 12.3 Å². The first kappa shape index (κ1) is 18.4. The van der Waals surface area contributed by atoms with Crippen LogP contribution in [-0.2, 0) is 16.0 Å². The number of benzene rings is 2. The largest absolute Gasteiger partial charge is 0.495 e. The highest BCUT2D eigenvalue weighted by molar-refractivity contribution is 6.04. The zero-order valence-corrected chi connectivity index (χ0v) is 15.0. The molecule has 2 aromatic rings. The molecule has 0 saturated heterocycles. The molecule has 0 atom stereocenters. The van der Waals surface area contributed by atoms with Crippen molar-refractivity contribution in [2.24, 2.45) is 0 Å². The maximum Gasteiger partial charge on any atom is 0.269 e. The van der Waals surface area contributed by atoms with Gasteiger partial charge in [-0.05, 0) is 42.7 Å². The van der Waals surface area contributed by atoms with Gasteiger partial charge in [0.15, 0.2) is 0 Å². The van der Waals surface area contributed by atoms with E-state index in [9.17, 15) is 19.7 Å². The molecule has 0 radical (unpaired) electrons. The Morgan fingerprint density at radius 2 is 2.04 bits per heavy atom. The molecule has 1 heterocycles. The Bertz CT molecular complexity index is 926. The first-order valence-corrected chi connectivity index (χ1v) is 8.41. The van der Waals surface area contributed by atoms with Crippen molar-refractivity contribution in [1.82, 2.24) is 0 Å². The van der Waals surface area contributed by atoms with Crippen LogP contribution in [0.4, 0.5) is 17.1 Å². The lowest BCUT2D eigenvalue weighted by molar-refractivity contribution is -0.384. The lowest BCUT2D eigenvalue weighted by atomic mass is 10.0. The molecule has 2 aromatic carbocycles. The molecule has 8 nitrogen and oxygen atoms in total. The van der Waals surface area contributed by atoms with Gasteiger partial charge in [-0.15, -0.1) is 0 Å². The summed E-state index contributed by atoms with van der Waals surface area (Å²) in [5, 5.41) is 13.7. The third-order valence-corrected chi connectivity index (χ3v) is 4.40. The average molecular weight is 369 g/mol. The van der Waals surface area contributed by atoms with Crippen molar-refractivity contribution >= 4 is 28.9 Å². The molecule has 1 aliphatic rings. The van der Waals surface area contributed by atoms with Crippen LogP contribution in [-0.4, -0.2) is 30.4 Å². The Labute approximate surface area is 155 Å². The molecule has 3 rings (SSSR count). The van der Waals surface area contributed by atoms with E-state index in [2.05, 4.69) is 5.32 Å². The highest BCUT2D eigenvalue weighted by atomic mass is 16.6. The van der Waals surface area contributed by atoms with Crippen molar-refractivity contribution in [1.29, 1.82) is 0 Å². The number of non-ortho nitro benzene ring substituents is 1. The second-order valence-corrected chi connectivity index (χ2v) is 6.30. The highest BCUT2D eigenvalue weighted by Crippen LogP contribution is 2.31. The predicted octanol–water partition coefficient (Wildman–Crippen LogP) is 2.83. The van der Waals surface area contributed by atoms with Crippen LogP contribution in [0.15, 0.2) is 36.4 Å². The average Bonchev–Trinajstić information content (AvgIpc) is 2.63. The number of carbonyl (C=O) groups excluding carboxylic acids is 2. The molecule has 0 aromatic heterocycles. The van der Waals surface area contributed by atoms with Gasteiger partial charge in [0.25, 0.3) is 5.69 Å². The number of nitrogens with one attached hydrogen (secondary N) is 1. The lowest BCUT2D eigenvalue weighted by Gasteiger charge is -2.28. The quantitative estimate of drug-likeness (QED) is 0.645. The number of amides is 2. The van der Waals surface area contributed by atoms with Gasteiger partial charge in [0, 0.05) is 24.2 Å². The van der Waals surface area contributed by atoms with Crippen LogP contribution in [0.3, 0.4) is 0 Å². The highest BCUT2D eigenvalue weighted by Gasteiger charge is 2.27. The van der Waals surface area contributed by atoms with Crippen molar-refractivity contribution in [2.45, 2.75) is 19.8 Å². The molecule has 1 N–H and O–H groups in total. The van der Waals surface area contributed by atoms with Gasteiger partial charge in [0.05, 0.1) is 17.7 Å². The Hall–Kier alpha value is -3.42. The summed E-state index contributed by atoms with van der Waals surface area (Å²) in [7, 11) is 1.51. The molecule has 2 amide bonds. The number of aryl methyl sites for hydroxylation is 2. The van der Waals surface area contributed by atoms with Gasteiger partial charge in [0.2, 0.25) is 11.8 Å². The topological polar surface area (TPSA) is 102 Å². The maximum atomic E-state index is 12.5. The van der Waals surface area contributed by atoms with Crippen LogP contribution in [0.5, 0.6) is 5.75 Å². The molecule has 1 aliphatic heterocycles. The van der Waals surface area contributed by atoms with E-state index in [0.717, 1.165) is 5.56 Å². The van der Waals surface area contributed by atoms with Crippen LogP contribution in [0.1, 0.15) is 17.5 Å². The Morgan fingerprint density at radius 1 is 1.26 bits per heavy atom. The predicted molar refractivity (Wildman–Crippen MR) is 100 cm³/mol. The van der Waals surface area contributed by atoms with Gasteiger partial charge in [-0.1, -0.05) is 6.07 Å². The van der Waals surface area contributed by atoms with E-state index in [1.165, 1.54) is 30.2 Å². The Morgan fingerprint density at radius 3 is 2.74 bits per heavy atom. The fraction of sp³-hybridized carbons (Fsp3) is 0.263. The minimum absolute atomic E-state index is 0.0306. The standard InChI is InChI=1S/C19H19N3O5/c1-12-3-7-17(27-2)15(9-12)20-18(23)11-21-16-6-5-14(22(25)26)10-13(16)4-8-19(21)24/h3,5-7,9-10H,4,8,11H2,1-2H3,(H,20,23). The van der Waals surface area contributed by atoms with Crippen molar-refractivity contribution in [3.63, 3.8) is 0 Å². The number of fused-ring (bicyclic) bond motifs is 1. The van der Waals surface area contributed by atoms with Crippen molar-refractivity contribution < 1.29 is 19.2 Å². The fourth-order valence-electron chi connectivity index (χ4n) is 3.09. The summed E-state index contributed by atoms with van der Waals surface area (Å²) in [5.74, 6) is -0.0453. The van der Waals surface area contributed by atoms with Crippen LogP contribution in [0.25, 0.3) is 0 Å². The smallest absolute Gasteiger partial charge is 0.269 e. The van der Waals surface area contributed by atoms with E-state index in [1.54, 1.807) is 12.1 Å². The van der Waals surface area contributed by atoms with Crippen LogP contribution in [0, 0.1) is 17.0 Å². The number of hydrogen-bond donors (Lipinski definition) is 1. The summed E-state index contributed by atoms with van der Waals surface area (Å²) in [4.78, 5) is 36.7. The van der Waals surface area contributed by atoms with Crippen molar-refractivity contribution in [2.75, 3.05) is 23.9 Å². The first-order chi connectivity index (χ1) is 12.9. The van der Waals surface area contributed by atoms with Gasteiger partial charge >= 0.3 is 0 Å². The Kier molecular flexibility index (Phi) is 5.07.